The Labute approximate surface area is 166 Å². The van der Waals surface area contributed by atoms with Gasteiger partial charge in [-0.2, -0.15) is 0 Å². The third-order valence-corrected chi connectivity index (χ3v) is 6.95. The summed E-state index contributed by atoms with van der Waals surface area (Å²) in [5.74, 6) is -3.28. The Hall–Kier alpha value is -1.69. The van der Waals surface area contributed by atoms with Gasteiger partial charge in [-0.3, -0.25) is 9.69 Å². The summed E-state index contributed by atoms with van der Waals surface area (Å²) >= 11 is 0. The highest BCUT2D eigenvalue weighted by Crippen LogP contribution is 2.42. The number of nitrogens with zero attached hydrogens (tertiary/aromatic N) is 3. The topological polar surface area (TPSA) is 26.8 Å². The van der Waals surface area contributed by atoms with E-state index in [1.54, 1.807) is 11.8 Å². The van der Waals surface area contributed by atoms with Crippen molar-refractivity contribution in [3.8, 4) is 0 Å². The van der Waals surface area contributed by atoms with Gasteiger partial charge in [-0.25, -0.2) is 8.78 Å². The fourth-order valence-corrected chi connectivity index (χ4v) is 4.84. The summed E-state index contributed by atoms with van der Waals surface area (Å²) in [5.41, 5.74) is 2.77. The minimum Gasteiger partial charge on any atom is -0.370 e. The van der Waals surface area contributed by atoms with E-state index >= 15 is 0 Å². The number of carbonyl (C=O) groups excluding carboxylic acids is 1. The molecule has 4 rings (SSSR count). The maximum Gasteiger partial charge on any atom is 0.263 e. The number of halogens is 2. The van der Waals surface area contributed by atoms with E-state index in [1.807, 2.05) is 4.90 Å². The lowest BCUT2D eigenvalue weighted by Gasteiger charge is -2.49. The lowest BCUT2D eigenvalue weighted by atomic mass is 9.78. The highest BCUT2D eigenvalue weighted by molar-refractivity contribution is 5.78. The van der Waals surface area contributed by atoms with Gasteiger partial charge in [0.05, 0.1) is 13.1 Å². The van der Waals surface area contributed by atoms with Crippen molar-refractivity contribution in [2.24, 2.45) is 11.3 Å². The van der Waals surface area contributed by atoms with Gasteiger partial charge in [0.1, 0.15) is 0 Å². The van der Waals surface area contributed by atoms with E-state index in [9.17, 15) is 13.6 Å². The summed E-state index contributed by atoms with van der Waals surface area (Å²) in [6.45, 7) is 7.64. The largest absolute Gasteiger partial charge is 0.370 e. The van der Waals surface area contributed by atoms with Gasteiger partial charge in [-0.15, -0.1) is 0 Å². The molecule has 1 unspecified atom stereocenters. The lowest BCUT2D eigenvalue weighted by molar-refractivity contribution is -0.138. The number of rotatable bonds is 4. The Bertz CT molecular complexity index is 715. The molecule has 1 amide bonds. The van der Waals surface area contributed by atoms with E-state index in [0.717, 1.165) is 39.0 Å². The molecule has 0 aliphatic carbocycles. The molecule has 1 spiro atoms. The van der Waals surface area contributed by atoms with Crippen LogP contribution in [0.5, 0.6) is 0 Å². The van der Waals surface area contributed by atoms with E-state index in [-0.39, 0.29) is 24.4 Å². The van der Waals surface area contributed by atoms with E-state index in [0.29, 0.717) is 13.0 Å². The third-order valence-electron chi connectivity index (χ3n) is 6.95. The van der Waals surface area contributed by atoms with Crippen LogP contribution in [0.15, 0.2) is 24.3 Å². The number of piperidine rings is 1. The van der Waals surface area contributed by atoms with Crippen molar-refractivity contribution in [1.29, 1.82) is 0 Å². The van der Waals surface area contributed by atoms with Crippen LogP contribution < -0.4 is 4.90 Å². The van der Waals surface area contributed by atoms with Crippen LogP contribution in [0.1, 0.15) is 32.3 Å². The summed E-state index contributed by atoms with van der Waals surface area (Å²) in [5, 5.41) is 0. The molecule has 3 fully saturated rings. The van der Waals surface area contributed by atoms with Gasteiger partial charge < -0.3 is 9.80 Å². The quantitative estimate of drug-likeness (QED) is 0.788. The van der Waals surface area contributed by atoms with E-state index in [1.165, 1.54) is 11.3 Å². The number of hydrogen-bond acceptors (Lipinski definition) is 3. The molecule has 4 nitrogen and oxygen atoms in total. The molecule has 6 heteroatoms. The third kappa shape index (κ3) is 3.76. The van der Waals surface area contributed by atoms with Gasteiger partial charge in [-0.1, -0.05) is 26.0 Å². The predicted octanol–water partition coefficient (Wildman–Crippen LogP) is 3.26. The highest BCUT2D eigenvalue weighted by atomic mass is 19.3. The second-order valence-corrected chi connectivity index (χ2v) is 9.10. The van der Waals surface area contributed by atoms with E-state index in [2.05, 4.69) is 36.1 Å². The van der Waals surface area contributed by atoms with Crippen molar-refractivity contribution in [2.75, 3.05) is 50.7 Å². The average Bonchev–Trinajstić information content (AvgIpc) is 3.09. The van der Waals surface area contributed by atoms with E-state index in [4.69, 9.17) is 0 Å². The van der Waals surface area contributed by atoms with Gasteiger partial charge in [0.15, 0.2) is 0 Å². The number of aryl methyl sites for hydroxylation is 1. The van der Waals surface area contributed by atoms with Crippen molar-refractivity contribution in [3.63, 3.8) is 0 Å². The number of alkyl halides is 2. The second-order valence-electron chi connectivity index (χ2n) is 9.10. The van der Waals surface area contributed by atoms with Gasteiger partial charge in [0.2, 0.25) is 5.91 Å². The van der Waals surface area contributed by atoms with Crippen LogP contribution in [-0.4, -0.2) is 67.4 Å². The average molecular weight is 392 g/mol. The molecule has 28 heavy (non-hydrogen) atoms. The van der Waals surface area contributed by atoms with Gasteiger partial charge >= 0.3 is 0 Å². The van der Waals surface area contributed by atoms with Crippen LogP contribution >= 0.6 is 0 Å². The standard InChI is InChI=1S/C22H31F2N3O/c1-3-18-4-6-19(7-5-18)27-14-21(15-27)9-11-26(13-21)20(28)12-25-10-8-17(2)22(23,24)16-25/h4-7,17H,3,8-16H2,1-2H3. The molecule has 3 saturated heterocycles. The minimum atomic E-state index is -2.69. The van der Waals surface area contributed by atoms with Crippen LogP contribution in [0, 0.1) is 11.3 Å². The van der Waals surface area contributed by atoms with Crippen LogP contribution in [-0.2, 0) is 11.2 Å². The van der Waals surface area contributed by atoms with Gasteiger partial charge in [0, 0.05) is 43.2 Å². The molecule has 3 aliphatic heterocycles. The first-order chi connectivity index (χ1) is 13.3. The smallest absolute Gasteiger partial charge is 0.263 e. The molecule has 1 aromatic carbocycles. The van der Waals surface area contributed by atoms with Gasteiger partial charge in [0.25, 0.3) is 5.92 Å². The molecule has 0 N–H and O–H groups in total. The van der Waals surface area contributed by atoms with Crippen LogP contribution in [0.2, 0.25) is 0 Å². The fourth-order valence-electron chi connectivity index (χ4n) is 4.84. The molecule has 0 radical (unpaired) electrons. The minimum absolute atomic E-state index is 0.00739. The van der Waals surface area contributed by atoms with Crippen molar-refractivity contribution in [1.82, 2.24) is 9.80 Å². The normalized spacial score (nSPS) is 26.5. The number of amides is 1. The number of carbonyl (C=O) groups is 1. The second kappa shape index (κ2) is 7.29. The molecule has 1 aromatic rings. The SMILES string of the molecule is CCc1ccc(N2CC3(CCN(C(=O)CN4CCC(C)C(F)(F)C4)C3)C2)cc1. The molecule has 154 valence electrons. The summed E-state index contributed by atoms with van der Waals surface area (Å²) in [6.07, 6.45) is 2.51. The number of hydrogen-bond donors (Lipinski definition) is 0. The fraction of sp³-hybridized carbons (Fsp3) is 0.682. The van der Waals surface area contributed by atoms with Crippen molar-refractivity contribution in [3.05, 3.63) is 29.8 Å². The summed E-state index contributed by atoms with van der Waals surface area (Å²) < 4.78 is 27.9. The van der Waals surface area contributed by atoms with E-state index < -0.39 is 11.8 Å². The molecular weight excluding hydrogens is 360 g/mol. The molecule has 0 aromatic heterocycles. The monoisotopic (exact) mass is 391 g/mol. The summed E-state index contributed by atoms with van der Waals surface area (Å²) in [7, 11) is 0. The maximum absolute atomic E-state index is 13.9. The van der Waals surface area contributed by atoms with Crippen LogP contribution in [0.25, 0.3) is 0 Å². The number of anilines is 1. The Balaban J connectivity index is 1.28. The van der Waals surface area contributed by atoms with Crippen LogP contribution in [0.4, 0.5) is 14.5 Å². The zero-order chi connectivity index (χ0) is 19.9. The molecule has 0 saturated carbocycles. The molecule has 3 heterocycles. The Morgan fingerprint density at radius 2 is 1.82 bits per heavy atom. The Kier molecular flexibility index (Phi) is 5.10. The van der Waals surface area contributed by atoms with Gasteiger partial charge in [-0.05, 0) is 43.5 Å². The maximum atomic E-state index is 13.9. The first-order valence-electron chi connectivity index (χ1n) is 10.5. The molecule has 1 atom stereocenters. The summed E-state index contributed by atoms with van der Waals surface area (Å²) in [6, 6.07) is 8.72. The van der Waals surface area contributed by atoms with Crippen LogP contribution in [0.3, 0.4) is 0 Å². The highest BCUT2D eigenvalue weighted by Gasteiger charge is 2.49. The first kappa shape index (κ1) is 19.6. The molecule has 3 aliphatic rings. The van der Waals surface area contributed by atoms with Crippen molar-refractivity contribution >= 4 is 11.6 Å². The Morgan fingerprint density at radius 1 is 1.11 bits per heavy atom. The van der Waals surface area contributed by atoms with Crippen molar-refractivity contribution in [2.45, 2.75) is 39.0 Å². The first-order valence-corrected chi connectivity index (χ1v) is 10.5. The van der Waals surface area contributed by atoms with Crippen molar-refractivity contribution < 1.29 is 13.6 Å². The molecule has 0 bridgehead atoms. The Morgan fingerprint density at radius 3 is 2.46 bits per heavy atom. The zero-order valence-corrected chi connectivity index (χ0v) is 17.0. The number of benzene rings is 1. The number of likely N-dealkylation sites (tertiary alicyclic amines) is 2. The summed E-state index contributed by atoms with van der Waals surface area (Å²) in [4.78, 5) is 18.6. The lowest BCUT2D eigenvalue weighted by Crippen LogP contribution is -2.58. The zero-order valence-electron chi connectivity index (χ0n) is 17.0. The predicted molar refractivity (Wildman–Crippen MR) is 107 cm³/mol. The molecular formula is C22H31F2N3O.